The van der Waals surface area contributed by atoms with Crippen LogP contribution < -0.4 is 0 Å². The van der Waals surface area contributed by atoms with E-state index >= 15 is 0 Å². The fourth-order valence-corrected chi connectivity index (χ4v) is 8.69. The molecule has 18 nitrogen and oxygen atoms in total. The van der Waals surface area contributed by atoms with Crippen molar-refractivity contribution in [2.24, 2.45) is 7.05 Å². The highest BCUT2D eigenvalue weighted by molar-refractivity contribution is 5.60. The molecule has 0 saturated carbocycles. The Labute approximate surface area is 516 Å². The molecule has 0 spiro atoms. The van der Waals surface area contributed by atoms with Crippen LogP contribution in [0.25, 0.3) is 67.5 Å². The molecule has 6 heterocycles. The summed E-state index contributed by atoms with van der Waals surface area (Å²) in [5.41, 5.74) is 13.5. The highest BCUT2D eigenvalue weighted by Crippen LogP contribution is 2.20. The zero-order chi connectivity index (χ0) is 61.2. The summed E-state index contributed by atoms with van der Waals surface area (Å²) < 4.78 is 11.1. The quantitative estimate of drug-likeness (QED) is 0.0742. The van der Waals surface area contributed by atoms with E-state index in [1.165, 1.54) is 31.2 Å². The summed E-state index contributed by atoms with van der Waals surface area (Å²) >= 11 is 0. The Morgan fingerprint density at radius 2 is 0.545 bits per heavy atom. The Hall–Kier alpha value is -10.6. The molecule has 7 aromatic carbocycles. The van der Waals surface area contributed by atoms with Crippen molar-refractivity contribution >= 4 is 0 Å². The first kappa shape index (κ1) is 63.4. The van der Waals surface area contributed by atoms with Gasteiger partial charge in [0.15, 0.2) is 0 Å². The molecule has 13 rings (SSSR count). The van der Waals surface area contributed by atoms with Crippen molar-refractivity contribution in [2.45, 2.75) is 98.9 Å². The maximum absolute atomic E-state index is 4.20. The number of nitrogens with zero attached hydrogens (tertiary/aromatic N) is 18. The van der Waals surface area contributed by atoms with Crippen molar-refractivity contribution < 1.29 is 0 Å². The first-order chi connectivity index (χ1) is 43.4. The molecule has 0 bridgehead atoms. The number of hydrogen-bond donors (Lipinski definition) is 0. The van der Waals surface area contributed by atoms with Gasteiger partial charge in [-0.15, -0.1) is 30.6 Å². The van der Waals surface area contributed by atoms with Crippen LogP contribution in [-0.4, -0.2) is 90.0 Å². The summed E-state index contributed by atoms with van der Waals surface area (Å²) in [6.45, 7) is 13.0. The first-order valence-electron chi connectivity index (χ1n) is 30.1. The lowest BCUT2D eigenvalue weighted by Crippen LogP contribution is -1.99. The van der Waals surface area contributed by atoms with Gasteiger partial charge < -0.3 is 0 Å². The Morgan fingerprint density at radius 3 is 0.864 bits per heavy atom. The molecular formula is C70H78N18. The van der Waals surface area contributed by atoms with Crippen molar-refractivity contribution in [3.8, 4) is 67.5 Å². The van der Waals surface area contributed by atoms with Gasteiger partial charge in [-0.3, -0.25) is 23.4 Å². The topological polar surface area (TPSA) is 184 Å². The van der Waals surface area contributed by atoms with E-state index in [4.69, 9.17) is 0 Å². The molecule has 0 amide bonds. The highest BCUT2D eigenvalue weighted by atomic mass is 15.4. The molecule has 0 atom stereocenters. The molecule has 0 N–H and O–H groups in total. The van der Waals surface area contributed by atoms with Gasteiger partial charge in [0.05, 0.1) is 43.7 Å². The van der Waals surface area contributed by atoms with Crippen LogP contribution in [0.4, 0.5) is 0 Å². The van der Waals surface area contributed by atoms with Crippen molar-refractivity contribution in [3.05, 3.63) is 255 Å². The van der Waals surface area contributed by atoms with Crippen molar-refractivity contribution in [1.82, 2.24) is 90.0 Å². The molecule has 0 aliphatic carbocycles. The third kappa shape index (κ3) is 20.9. The van der Waals surface area contributed by atoms with Crippen LogP contribution in [0.5, 0.6) is 0 Å². The number of benzene rings is 7. The molecular weight excluding hydrogens is 1090 g/mol. The normalized spacial score (nSPS) is 10.4. The Kier molecular flexibility index (Phi) is 25.7. The first-order valence-corrected chi connectivity index (χ1v) is 30.1. The van der Waals surface area contributed by atoms with Gasteiger partial charge in [0.1, 0.15) is 34.2 Å². The van der Waals surface area contributed by atoms with Crippen LogP contribution in [0.3, 0.4) is 0 Å². The third-order valence-electron chi connectivity index (χ3n) is 13.4. The predicted molar refractivity (Wildman–Crippen MR) is 350 cm³/mol. The SMILES string of the molecule is CCCCCn1cc(-c2ccccc2)nn1.CCCCn1cc(-c2ccccc2)nn1.CCCn1cc(-c2ccccc2)nn1.CCn1cc(-c2ccccc2)nn1.Cn1cc(-c2ccccc2)nn1.c1ccc(Cn2cc(-c3ccccc3)nn2)cc1. The number of hydrogen-bond acceptors (Lipinski definition) is 12. The molecule has 13 aromatic rings. The zero-order valence-corrected chi connectivity index (χ0v) is 51.0. The van der Waals surface area contributed by atoms with E-state index in [1.807, 2.05) is 263 Å². The van der Waals surface area contributed by atoms with E-state index in [-0.39, 0.29) is 0 Å². The standard InChI is InChI=1S/C15H13N3.C13H17N3.C12H15N3.C11H13N3.C10H11N3.C9H9N3/c1-3-7-13(8-4-1)11-18-12-15(16-17-18)14-9-5-2-6-10-14;1-2-3-7-10-16-11-13(14-15-16)12-8-5-4-6-9-12;1-2-3-9-15-10-12(13-14-15)11-7-5-4-6-8-11;1-2-8-14-9-11(12-13-14)10-6-4-3-5-7-10;1-2-13-8-10(11-12-13)9-6-4-3-5-7-9;1-12-7-9(10-11-12)8-5-3-2-4-6-8/h1-10,12H,11H2;4-6,8-9,11H,2-3,7,10H2,1H3;4-8,10H,2-3,9H2,1H3;3-7,9H,2,8H2,1H3;3-8H,2H2,1H3;2-7H,1H3. The van der Waals surface area contributed by atoms with Crippen LogP contribution in [0.1, 0.15) is 71.8 Å². The third-order valence-corrected chi connectivity index (χ3v) is 13.4. The minimum atomic E-state index is 0.751. The van der Waals surface area contributed by atoms with Gasteiger partial charge in [0.25, 0.3) is 0 Å². The molecule has 448 valence electrons. The summed E-state index contributed by atoms with van der Waals surface area (Å²) in [4.78, 5) is 0. The maximum atomic E-state index is 4.20. The largest absolute Gasteiger partial charge is 0.255 e. The molecule has 0 saturated heterocycles. The van der Waals surface area contributed by atoms with Crippen molar-refractivity contribution in [1.29, 1.82) is 0 Å². The zero-order valence-electron chi connectivity index (χ0n) is 51.0. The van der Waals surface area contributed by atoms with Crippen LogP contribution in [-0.2, 0) is 39.8 Å². The van der Waals surface area contributed by atoms with Crippen LogP contribution in [0, 0.1) is 0 Å². The Morgan fingerprint density at radius 1 is 0.261 bits per heavy atom. The van der Waals surface area contributed by atoms with Crippen LogP contribution in [0.2, 0.25) is 0 Å². The summed E-state index contributed by atoms with van der Waals surface area (Å²) in [6.07, 6.45) is 18.9. The monoisotopic (exact) mass is 1170 g/mol. The molecule has 88 heavy (non-hydrogen) atoms. The second-order valence-corrected chi connectivity index (χ2v) is 20.4. The van der Waals surface area contributed by atoms with Gasteiger partial charge in [0.2, 0.25) is 0 Å². The van der Waals surface area contributed by atoms with E-state index < -0.39 is 0 Å². The van der Waals surface area contributed by atoms with Gasteiger partial charge in [0, 0.05) is 66.6 Å². The average Bonchev–Trinajstić information content (AvgIpc) is 4.61. The van der Waals surface area contributed by atoms with E-state index in [9.17, 15) is 0 Å². The van der Waals surface area contributed by atoms with Crippen molar-refractivity contribution in [3.63, 3.8) is 0 Å². The van der Waals surface area contributed by atoms with Gasteiger partial charge in [-0.05, 0) is 31.7 Å². The minimum Gasteiger partial charge on any atom is -0.255 e. The van der Waals surface area contributed by atoms with E-state index in [0.717, 1.165) is 113 Å². The molecule has 6 aromatic heterocycles. The summed E-state index contributed by atoms with van der Waals surface area (Å²) in [5.74, 6) is 0. The lowest BCUT2D eigenvalue weighted by Gasteiger charge is -1.99. The van der Waals surface area contributed by atoms with Gasteiger partial charge in [-0.2, -0.15) is 0 Å². The molecule has 0 fully saturated rings. The lowest BCUT2D eigenvalue weighted by atomic mass is 10.2. The second kappa shape index (κ2) is 35.6. The lowest BCUT2D eigenvalue weighted by molar-refractivity contribution is 0.537. The average molecular weight is 1170 g/mol. The molecule has 0 aliphatic rings. The number of rotatable bonds is 18. The summed E-state index contributed by atoms with van der Waals surface area (Å²) in [7, 11) is 1.86. The molecule has 0 radical (unpaired) electrons. The Bertz CT molecular complexity index is 3890. The fourth-order valence-electron chi connectivity index (χ4n) is 8.69. The number of aryl methyl sites for hydroxylation is 5. The van der Waals surface area contributed by atoms with Gasteiger partial charge in [-0.1, -0.05) is 284 Å². The second-order valence-electron chi connectivity index (χ2n) is 20.4. The summed E-state index contributed by atoms with van der Waals surface area (Å²) in [6, 6.07) is 70.8. The molecule has 0 unspecified atom stereocenters. The van der Waals surface area contributed by atoms with Crippen LogP contribution in [0.15, 0.2) is 250 Å². The Balaban J connectivity index is 0.000000137. The highest BCUT2D eigenvalue weighted by Gasteiger charge is 2.07. The van der Waals surface area contributed by atoms with Crippen molar-refractivity contribution in [2.75, 3.05) is 0 Å². The van der Waals surface area contributed by atoms with E-state index in [2.05, 4.69) is 107 Å². The smallest absolute Gasteiger partial charge is 0.113 e. The fraction of sp³-hybridized carbons (Fsp3) is 0.229. The molecule has 18 heteroatoms. The van der Waals surface area contributed by atoms with Gasteiger partial charge in [-0.25, -0.2) is 4.68 Å². The van der Waals surface area contributed by atoms with Gasteiger partial charge >= 0.3 is 0 Å². The predicted octanol–water partition coefficient (Wildman–Crippen LogP) is 14.7. The minimum absolute atomic E-state index is 0.751. The maximum Gasteiger partial charge on any atom is 0.113 e. The molecule has 0 aliphatic heterocycles. The van der Waals surface area contributed by atoms with E-state index in [0.29, 0.717) is 0 Å². The number of aromatic nitrogens is 18. The summed E-state index contributed by atoms with van der Waals surface area (Å²) in [5, 5.41) is 49.0. The van der Waals surface area contributed by atoms with Crippen LogP contribution >= 0.6 is 0 Å². The number of unbranched alkanes of at least 4 members (excludes halogenated alkanes) is 3. The van der Waals surface area contributed by atoms with E-state index in [1.54, 1.807) is 4.68 Å².